The number of aliphatic carboxylic acids is 1. The largest absolute Gasteiger partial charge is 0.477 e. The minimum absolute atomic E-state index is 0.684. The fourth-order valence-electron chi connectivity index (χ4n) is 2.53. The fourth-order valence-corrected chi connectivity index (χ4v) is 2.53. The van der Waals surface area contributed by atoms with Gasteiger partial charge in [-0.1, -0.05) is 0 Å². The van der Waals surface area contributed by atoms with E-state index in [1.807, 2.05) is 0 Å². The molecule has 0 spiro atoms. The Labute approximate surface area is 229 Å². The molecule has 0 radical (unpaired) electrons. The molecule has 0 aliphatic rings. The number of carboxylic acid groups (broad SMARTS) is 1. The monoisotopic (exact) mass is 710 g/mol. The van der Waals surface area contributed by atoms with Gasteiger partial charge in [-0.2, -0.15) is 79.0 Å². The first kappa shape index (κ1) is 41.9. The van der Waals surface area contributed by atoms with E-state index in [1.165, 1.54) is 0 Å². The maximum absolute atomic E-state index is 14.0. The van der Waals surface area contributed by atoms with E-state index in [0.29, 0.717) is 14.1 Å². The lowest BCUT2D eigenvalue weighted by Crippen LogP contribution is -2.57. The Bertz CT molecular complexity index is 967. The molecule has 0 rings (SSSR count). The zero-order valence-electron chi connectivity index (χ0n) is 20.8. The number of hydrogen-bond donors (Lipinski definition) is 1. The van der Waals surface area contributed by atoms with Crippen molar-refractivity contribution < 1.29 is 121 Å². The van der Waals surface area contributed by atoms with Crippen LogP contribution in [0.1, 0.15) is 0 Å². The zero-order chi connectivity index (χ0) is 35.8. The first-order valence-electron chi connectivity index (χ1n) is 10.4. The van der Waals surface area contributed by atoms with Gasteiger partial charge in [0.1, 0.15) is 12.6 Å². The lowest BCUT2D eigenvalue weighted by molar-refractivity contribution is -0.887. The summed E-state index contributed by atoms with van der Waals surface area (Å²) >= 11 is 0. The van der Waals surface area contributed by atoms with Gasteiger partial charge in [-0.3, -0.25) is 9.47 Å². The summed E-state index contributed by atoms with van der Waals surface area (Å²) in [6.45, 7) is -5.34. The lowest BCUT2D eigenvalue weighted by Gasteiger charge is -2.35. The van der Waals surface area contributed by atoms with Crippen molar-refractivity contribution in [2.75, 3.05) is 33.8 Å². The number of hydrogen-bond acceptors (Lipinski definition) is 5. The van der Waals surface area contributed by atoms with Crippen LogP contribution in [0, 0.1) is 0 Å². The van der Waals surface area contributed by atoms with Crippen molar-refractivity contribution in [1.82, 2.24) is 0 Å². The van der Waals surface area contributed by atoms with Gasteiger partial charge in [0.25, 0.3) is 12.7 Å². The van der Waals surface area contributed by atoms with Gasteiger partial charge in [0.15, 0.2) is 6.54 Å². The third kappa shape index (κ3) is 10.2. The Morgan fingerprint density at radius 3 is 1.30 bits per heavy atom. The Morgan fingerprint density at radius 2 is 0.977 bits per heavy atom. The highest BCUT2D eigenvalue weighted by Gasteiger charge is 2.77. The molecule has 0 aromatic carbocycles. The third-order valence-electron chi connectivity index (χ3n) is 4.52. The number of nitrogens with zero attached hydrogens (tertiary/aromatic N) is 1. The van der Waals surface area contributed by atoms with E-state index in [9.17, 15) is 92.6 Å². The van der Waals surface area contributed by atoms with Gasteiger partial charge in [0.05, 0.1) is 20.7 Å². The number of quaternary nitrogens is 1. The van der Waals surface area contributed by atoms with Crippen molar-refractivity contribution in [1.29, 1.82) is 0 Å². The molecule has 0 aliphatic carbocycles. The molecule has 44 heavy (non-hydrogen) atoms. The average molecular weight is 710 g/mol. The number of halogens is 20. The van der Waals surface area contributed by atoms with Crippen molar-refractivity contribution in [3.05, 3.63) is 0 Å². The van der Waals surface area contributed by atoms with E-state index in [0.717, 1.165) is 0 Å². The van der Waals surface area contributed by atoms with Gasteiger partial charge in [-0.15, -0.1) is 0 Å². The molecule has 7 nitrogen and oxygen atoms in total. The number of carbonyl (C=O) groups is 1. The van der Waals surface area contributed by atoms with Crippen LogP contribution in [-0.2, 0) is 23.7 Å². The van der Waals surface area contributed by atoms with E-state index >= 15 is 0 Å². The molecule has 3 unspecified atom stereocenters. The predicted octanol–water partition coefficient (Wildman–Crippen LogP) is 5.94. The first-order chi connectivity index (χ1) is 19.0. The summed E-state index contributed by atoms with van der Waals surface area (Å²) in [6, 6.07) is 0. The van der Waals surface area contributed by atoms with Crippen LogP contribution in [0.4, 0.5) is 87.8 Å². The van der Waals surface area contributed by atoms with Crippen LogP contribution >= 0.6 is 0 Å². The Kier molecular flexibility index (Phi) is 12.3. The minimum Gasteiger partial charge on any atom is -0.477 e. The number of likely N-dealkylation sites (N-methyl/N-ethyl adjacent to an activating group) is 1. The molecular formula is C17H16F20NO6+. The molecule has 0 bridgehead atoms. The highest BCUT2D eigenvalue weighted by atomic mass is 19.4. The molecule has 3 atom stereocenters. The smallest absolute Gasteiger partial charge is 0.462 e. The van der Waals surface area contributed by atoms with Gasteiger partial charge in [-0.05, 0) is 0 Å². The molecule has 0 aliphatic heterocycles. The van der Waals surface area contributed by atoms with Gasteiger partial charge >= 0.3 is 54.6 Å². The molecule has 0 saturated heterocycles. The summed E-state index contributed by atoms with van der Waals surface area (Å²) in [6.07, 6.45) is -55.0. The third-order valence-corrected chi connectivity index (χ3v) is 4.52. The molecule has 0 saturated carbocycles. The minimum atomic E-state index is -7.35. The average Bonchev–Trinajstić information content (AvgIpc) is 2.73. The number of ether oxygens (including phenoxy) is 4. The second kappa shape index (κ2) is 12.9. The molecule has 27 heteroatoms. The van der Waals surface area contributed by atoms with Crippen molar-refractivity contribution in [2.45, 2.75) is 67.5 Å². The predicted molar refractivity (Wildman–Crippen MR) is 94.1 cm³/mol. The maximum Gasteiger partial charge on any atom is 0.462 e. The Balaban J connectivity index is 6.12. The Morgan fingerprint density at radius 1 is 0.636 bits per heavy atom. The molecular weight excluding hydrogens is 694 g/mol. The van der Waals surface area contributed by atoms with Crippen molar-refractivity contribution in [2.24, 2.45) is 0 Å². The molecule has 0 fully saturated rings. The standard InChI is InChI=1S/C17H15F20NO6/c1-38(2,4-7(39)40)3-6(42-11(22,23)9(19)44-17(36,37)13(26,27)15(31,32)33)5-41-10(20,21)8(18)43-16(34,35)12(24,25)14(28,29)30/h6,8-9H,3-5H2,1-2H3/p+1. The Hall–Kier alpha value is -2.13. The normalized spacial score (nSPS) is 17.4. The maximum atomic E-state index is 14.0. The van der Waals surface area contributed by atoms with Crippen molar-refractivity contribution >= 4 is 5.97 Å². The van der Waals surface area contributed by atoms with E-state index in [2.05, 4.69) is 18.9 Å². The van der Waals surface area contributed by atoms with E-state index < -0.39 is 97.6 Å². The molecule has 0 amide bonds. The quantitative estimate of drug-likeness (QED) is 0.149. The van der Waals surface area contributed by atoms with Crippen molar-refractivity contribution in [3.8, 4) is 0 Å². The molecule has 264 valence electrons. The second-order valence-electron chi connectivity index (χ2n) is 8.89. The summed E-state index contributed by atoms with van der Waals surface area (Å²) in [4.78, 5) is 10.9. The van der Waals surface area contributed by atoms with Crippen LogP contribution in [0.3, 0.4) is 0 Å². The molecule has 0 aromatic rings. The summed E-state index contributed by atoms with van der Waals surface area (Å²) < 4.78 is 269. The first-order valence-corrected chi connectivity index (χ1v) is 10.4. The van der Waals surface area contributed by atoms with Gasteiger partial charge in [0.2, 0.25) is 0 Å². The lowest BCUT2D eigenvalue weighted by atomic mass is 10.3. The van der Waals surface area contributed by atoms with Crippen molar-refractivity contribution in [3.63, 3.8) is 0 Å². The van der Waals surface area contributed by atoms with Crippen LogP contribution in [0.15, 0.2) is 0 Å². The SMILES string of the molecule is C[N+](C)(CC(=O)O)CC(COC(F)(F)C(F)OC(F)(F)C(F)(F)C(F)(F)F)OC(F)(F)C(F)OC(F)(F)C(F)(F)C(F)(F)F. The van der Waals surface area contributed by atoms with E-state index in [1.54, 1.807) is 0 Å². The van der Waals surface area contributed by atoms with E-state index in [4.69, 9.17) is 5.11 Å². The van der Waals surface area contributed by atoms with Crippen LogP contribution in [0.5, 0.6) is 0 Å². The molecule has 0 heterocycles. The number of carboxylic acids is 1. The second-order valence-corrected chi connectivity index (χ2v) is 8.89. The summed E-state index contributed by atoms with van der Waals surface area (Å²) in [7, 11) is 1.37. The van der Waals surface area contributed by atoms with Crippen LogP contribution in [0.2, 0.25) is 0 Å². The summed E-state index contributed by atoms with van der Waals surface area (Å²) in [5, 5.41) is 8.75. The summed E-state index contributed by atoms with van der Waals surface area (Å²) in [5.74, 6) is -16.5. The van der Waals surface area contributed by atoms with Gasteiger partial charge in [-0.25, -0.2) is 13.6 Å². The number of alkyl halides is 20. The number of rotatable bonds is 17. The summed E-state index contributed by atoms with van der Waals surface area (Å²) in [5.41, 5.74) is 0. The van der Waals surface area contributed by atoms with E-state index in [-0.39, 0.29) is 0 Å². The van der Waals surface area contributed by atoms with Crippen LogP contribution in [-0.4, -0.2) is 117 Å². The zero-order valence-corrected chi connectivity index (χ0v) is 20.8. The van der Waals surface area contributed by atoms with Gasteiger partial charge < -0.3 is 19.1 Å². The highest BCUT2D eigenvalue weighted by molar-refractivity contribution is 5.67. The highest BCUT2D eigenvalue weighted by Crippen LogP contribution is 2.50. The fraction of sp³-hybridized carbons (Fsp3) is 0.941. The molecule has 1 N–H and O–H groups in total. The van der Waals surface area contributed by atoms with Crippen LogP contribution in [0.25, 0.3) is 0 Å². The molecule has 0 aromatic heterocycles. The topological polar surface area (TPSA) is 74.2 Å². The van der Waals surface area contributed by atoms with Gasteiger partial charge in [0, 0.05) is 0 Å². The van der Waals surface area contributed by atoms with Crippen LogP contribution < -0.4 is 0 Å².